The molecule has 0 radical (unpaired) electrons. The van der Waals surface area contributed by atoms with Crippen molar-refractivity contribution in [3.63, 3.8) is 0 Å². The number of carbonyl (C=O) groups is 1. The van der Waals surface area contributed by atoms with Gasteiger partial charge in [-0.3, -0.25) is 9.69 Å². The van der Waals surface area contributed by atoms with Gasteiger partial charge in [-0.2, -0.15) is 0 Å². The van der Waals surface area contributed by atoms with Gasteiger partial charge in [0.1, 0.15) is 0 Å². The summed E-state index contributed by atoms with van der Waals surface area (Å²) in [4.78, 5) is 22.8. The number of nitrogens with zero attached hydrogens (tertiary/aromatic N) is 3. The van der Waals surface area contributed by atoms with Gasteiger partial charge < -0.3 is 10.2 Å². The molecule has 1 N–H and O–H groups in total. The lowest BCUT2D eigenvalue weighted by molar-refractivity contribution is -0.122. The van der Waals surface area contributed by atoms with E-state index in [1.165, 1.54) is 43.8 Å². The Morgan fingerprint density at radius 3 is 2.83 bits per heavy atom. The van der Waals surface area contributed by atoms with Crippen molar-refractivity contribution >= 4 is 17.2 Å². The summed E-state index contributed by atoms with van der Waals surface area (Å²) < 4.78 is 0. The normalized spacial score (nSPS) is 24.2. The monoisotopic (exact) mass is 350 g/mol. The standard InChI is InChI=1S/C18H30N4OS/c1-14-17(24-13-19-14)5-6-18(23)20-15-4-3-9-22(12-15)16-7-10-21(2)11-8-16/h13,15-16H,3-12H2,1-2H3,(H,20,23)/t15-/m0/s1. The Morgan fingerprint density at radius 2 is 2.12 bits per heavy atom. The Labute approximate surface area is 149 Å². The van der Waals surface area contributed by atoms with Crippen LogP contribution >= 0.6 is 11.3 Å². The van der Waals surface area contributed by atoms with Crippen molar-refractivity contribution in [3.8, 4) is 0 Å². The van der Waals surface area contributed by atoms with Gasteiger partial charge in [0.25, 0.3) is 0 Å². The molecule has 0 saturated carbocycles. The second-order valence-corrected chi connectivity index (χ2v) is 8.24. The van der Waals surface area contributed by atoms with E-state index in [0.717, 1.165) is 25.1 Å². The van der Waals surface area contributed by atoms with Crippen LogP contribution in [0.3, 0.4) is 0 Å². The van der Waals surface area contributed by atoms with Crippen LogP contribution in [-0.4, -0.2) is 66.0 Å². The highest BCUT2D eigenvalue weighted by Gasteiger charge is 2.28. The predicted octanol–water partition coefficient (Wildman–Crippen LogP) is 2.06. The smallest absolute Gasteiger partial charge is 0.220 e. The molecule has 0 spiro atoms. The summed E-state index contributed by atoms with van der Waals surface area (Å²) in [6.07, 6.45) is 6.24. The van der Waals surface area contributed by atoms with Crippen LogP contribution in [0.1, 0.15) is 42.7 Å². The van der Waals surface area contributed by atoms with Gasteiger partial charge in [0.05, 0.1) is 11.2 Å². The number of likely N-dealkylation sites (tertiary alicyclic amines) is 2. The number of aromatic nitrogens is 1. The van der Waals surface area contributed by atoms with Gasteiger partial charge >= 0.3 is 0 Å². The van der Waals surface area contributed by atoms with Crippen LogP contribution in [0, 0.1) is 6.92 Å². The van der Waals surface area contributed by atoms with E-state index < -0.39 is 0 Å². The maximum Gasteiger partial charge on any atom is 0.220 e. The van der Waals surface area contributed by atoms with Crippen molar-refractivity contribution in [1.82, 2.24) is 20.1 Å². The molecule has 5 nitrogen and oxygen atoms in total. The summed E-state index contributed by atoms with van der Waals surface area (Å²) in [7, 11) is 2.21. The molecular weight excluding hydrogens is 320 g/mol. The molecule has 2 aliphatic rings. The predicted molar refractivity (Wildman–Crippen MR) is 98.4 cm³/mol. The molecule has 0 unspecified atom stereocenters. The van der Waals surface area contributed by atoms with Gasteiger partial charge in [0.2, 0.25) is 5.91 Å². The largest absolute Gasteiger partial charge is 0.352 e. The second kappa shape index (κ2) is 8.41. The van der Waals surface area contributed by atoms with E-state index in [4.69, 9.17) is 0 Å². The van der Waals surface area contributed by atoms with Crippen molar-refractivity contribution in [2.45, 2.75) is 57.5 Å². The second-order valence-electron chi connectivity index (χ2n) is 7.30. The fourth-order valence-corrected chi connectivity index (χ4v) is 4.69. The van der Waals surface area contributed by atoms with Crippen molar-refractivity contribution < 1.29 is 4.79 Å². The fraction of sp³-hybridized carbons (Fsp3) is 0.778. The lowest BCUT2D eigenvalue weighted by Crippen LogP contribution is -2.53. The fourth-order valence-electron chi connectivity index (χ4n) is 3.91. The summed E-state index contributed by atoms with van der Waals surface area (Å²) in [6.45, 7) is 6.64. The first kappa shape index (κ1) is 17.8. The molecule has 3 heterocycles. The Balaban J connectivity index is 1.43. The first-order valence-electron chi connectivity index (χ1n) is 9.22. The lowest BCUT2D eigenvalue weighted by Gasteiger charge is -2.41. The number of hydrogen-bond acceptors (Lipinski definition) is 5. The van der Waals surface area contributed by atoms with Gasteiger partial charge in [0, 0.05) is 29.9 Å². The van der Waals surface area contributed by atoms with Gasteiger partial charge in [-0.05, 0) is 65.7 Å². The Bertz CT molecular complexity index is 539. The number of aryl methyl sites for hydroxylation is 2. The summed E-state index contributed by atoms with van der Waals surface area (Å²) in [5.41, 5.74) is 2.93. The molecule has 2 fully saturated rings. The number of carbonyl (C=O) groups excluding carboxylic acids is 1. The number of rotatable bonds is 5. The third-order valence-electron chi connectivity index (χ3n) is 5.45. The molecule has 1 amide bonds. The van der Waals surface area contributed by atoms with Crippen LogP contribution in [0.2, 0.25) is 0 Å². The van der Waals surface area contributed by atoms with Crippen molar-refractivity contribution in [2.24, 2.45) is 0 Å². The number of piperidine rings is 2. The quantitative estimate of drug-likeness (QED) is 0.883. The summed E-state index contributed by atoms with van der Waals surface area (Å²) >= 11 is 1.65. The van der Waals surface area contributed by atoms with E-state index in [0.29, 0.717) is 18.5 Å². The topological polar surface area (TPSA) is 48.5 Å². The summed E-state index contributed by atoms with van der Waals surface area (Å²) in [6, 6.07) is 1.04. The van der Waals surface area contributed by atoms with Crippen molar-refractivity contribution in [2.75, 3.05) is 33.2 Å². The van der Waals surface area contributed by atoms with E-state index in [-0.39, 0.29) is 5.91 Å². The van der Waals surface area contributed by atoms with Gasteiger partial charge in [-0.1, -0.05) is 0 Å². The number of thiazole rings is 1. The molecule has 134 valence electrons. The first-order chi connectivity index (χ1) is 11.6. The van der Waals surface area contributed by atoms with Crippen LogP contribution < -0.4 is 5.32 Å². The van der Waals surface area contributed by atoms with Crippen LogP contribution in [0.4, 0.5) is 0 Å². The maximum absolute atomic E-state index is 12.3. The highest BCUT2D eigenvalue weighted by molar-refractivity contribution is 7.09. The summed E-state index contributed by atoms with van der Waals surface area (Å²) in [5.74, 6) is 0.193. The first-order valence-corrected chi connectivity index (χ1v) is 10.1. The maximum atomic E-state index is 12.3. The molecule has 24 heavy (non-hydrogen) atoms. The molecule has 2 saturated heterocycles. The molecule has 0 bridgehead atoms. The molecule has 6 heteroatoms. The molecule has 3 rings (SSSR count). The average Bonchev–Trinajstić information content (AvgIpc) is 2.99. The van der Waals surface area contributed by atoms with Crippen LogP contribution in [0.5, 0.6) is 0 Å². The molecular formula is C18H30N4OS. The minimum absolute atomic E-state index is 0.193. The van der Waals surface area contributed by atoms with Crippen LogP contribution in [0.15, 0.2) is 5.51 Å². The SMILES string of the molecule is Cc1ncsc1CCC(=O)N[C@H]1CCCN(C2CCN(C)CC2)C1. The Morgan fingerprint density at radius 1 is 1.33 bits per heavy atom. The van der Waals surface area contributed by atoms with E-state index in [2.05, 4.69) is 27.1 Å². The van der Waals surface area contributed by atoms with Crippen molar-refractivity contribution in [1.29, 1.82) is 0 Å². The molecule has 0 aromatic carbocycles. The zero-order chi connectivity index (χ0) is 16.9. The van der Waals surface area contributed by atoms with E-state index >= 15 is 0 Å². The molecule has 1 aromatic heterocycles. The third kappa shape index (κ3) is 4.77. The average molecular weight is 351 g/mol. The zero-order valence-electron chi connectivity index (χ0n) is 15.0. The minimum atomic E-state index is 0.193. The highest BCUT2D eigenvalue weighted by Crippen LogP contribution is 2.21. The van der Waals surface area contributed by atoms with Gasteiger partial charge in [0.15, 0.2) is 0 Å². The molecule has 0 aliphatic carbocycles. The molecule has 1 atom stereocenters. The van der Waals surface area contributed by atoms with Gasteiger partial charge in [-0.25, -0.2) is 4.98 Å². The number of hydrogen-bond donors (Lipinski definition) is 1. The lowest BCUT2D eigenvalue weighted by atomic mass is 9.98. The third-order valence-corrected chi connectivity index (χ3v) is 6.44. The Hall–Kier alpha value is -0.980. The van der Waals surface area contributed by atoms with E-state index in [1.54, 1.807) is 11.3 Å². The minimum Gasteiger partial charge on any atom is -0.352 e. The van der Waals surface area contributed by atoms with Crippen molar-refractivity contribution in [3.05, 3.63) is 16.1 Å². The van der Waals surface area contributed by atoms with Gasteiger partial charge in [-0.15, -0.1) is 11.3 Å². The van der Waals surface area contributed by atoms with E-state index in [1.807, 2.05) is 12.4 Å². The summed E-state index contributed by atoms with van der Waals surface area (Å²) in [5, 5.41) is 3.27. The molecule has 2 aliphatic heterocycles. The van der Waals surface area contributed by atoms with E-state index in [9.17, 15) is 4.79 Å². The Kier molecular flexibility index (Phi) is 6.25. The number of amides is 1. The van der Waals surface area contributed by atoms with Crippen LogP contribution in [0.25, 0.3) is 0 Å². The highest BCUT2D eigenvalue weighted by atomic mass is 32.1. The molecule has 1 aromatic rings. The van der Waals surface area contributed by atoms with Crippen LogP contribution in [-0.2, 0) is 11.2 Å². The zero-order valence-corrected chi connectivity index (χ0v) is 15.8. The number of nitrogens with one attached hydrogen (secondary N) is 1.